The summed E-state index contributed by atoms with van der Waals surface area (Å²) in [5, 5.41) is 13.2. The lowest BCUT2D eigenvalue weighted by Crippen LogP contribution is -2.40. The summed E-state index contributed by atoms with van der Waals surface area (Å²) in [5.41, 5.74) is 0.208. The van der Waals surface area contributed by atoms with Gasteiger partial charge in [0.2, 0.25) is 0 Å². The molecule has 0 unspecified atom stereocenters. The van der Waals surface area contributed by atoms with Gasteiger partial charge >= 0.3 is 5.97 Å². The predicted octanol–water partition coefficient (Wildman–Crippen LogP) is 0.635. The first-order valence-electron chi connectivity index (χ1n) is 6.20. The Morgan fingerprint density at radius 2 is 2.00 bits per heavy atom. The zero-order valence-corrected chi connectivity index (χ0v) is 11.0. The highest BCUT2D eigenvalue weighted by atomic mass is 16.5. The molecule has 0 aromatic carbocycles. The van der Waals surface area contributed by atoms with E-state index in [0.717, 1.165) is 0 Å². The number of rotatable bonds is 3. The molecule has 7 nitrogen and oxygen atoms in total. The molecule has 0 radical (unpaired) electrons. The number of aromatic carboxylic acids is 1. The first-order valence-corrected chi connectivity index (χ1v) is 6.20. The van der Waals surface area contributed by atoms with Gasteiger partial charge in [-0.2, -0.15) is 5.10 Å². The van der Waals surface area contributed by atoms with Gasteiger partial charge in [0.1, 0.15) is 5.69 Å². The van der Waals surface area contributed by atoms with Gasteiger partial charge in [-0.1, -0.05) is 0 Å². The van der Waals surface area contributed by atoms with E-state index >= 15 is 0 Å². The Morgan fingerprint density at radius 1 is 1.37 bits per heavy atom. The maximum atomic E-state index is 12.2. The number of carbonyl (C=O) groups excluding carboxylic acids is 1. The number of carbonyl (C=O) groups is 2. The maximum Gasteiger partial charge on any atom is 0.354 e. The topological polar surface area (TPSA) is 84.7 Å². The van der Waals surface area contributed by atoms with Crippen molar-refractivity contribution in [2.24, 2.45) is 0 Å². The molecule has 1 N–H and O–H groups in total. The summed E-state index contributed by atoms with van der Waals surface area (Å²) in [6.07, 6.45) is 0. The molecule has 7 heteroatoms. The molecule has 0 saturated carbocycles. The summed E-state index contributed by atoms with van der Waals surface area (Å²) >= 11 is 0. The van der Waals surface area contributed by atoms with Crippen LogP contribution in [0.5, 0.6) is 0 Å². The normalized spacial score (nSPS) is 15.8. The number of morpholine rings is 1. The van der Waals surface area contributed by atoms with Gasteiger partial charge < -0.3 is 14.7 Å². The minimum atomic E-state index is -1.08. The first kappa shape index (κ1) is 13.5. The van der Waals surface area contributed by atoms with Crippen LogP contribution in [0.2, 0.25) is 0 Å². The second kappa shape index (κ2) is 5.40. The number of ether oxygens (including phenoxy) is 1. The third kappa shape index (κ3) is 2.76. The largest absolute Gasteiger partial charge is 0.477 e. The average Bonchev–Trinajstić information content (AvgIpc) is 2.84. The van der Waals surface area contributed by atoms with Gasteiger partial charge in [0, 0.05) is 25.2 Å². The van der Waals surface area contributed by atoms with Gasteiger partial charge in [-0.15, -0.1) is 0 Å². The van der Waals surface area contributed by atoms with Crippen LogP contribution in [0.4, 0.5) is 0 Å². The van der Waals surface area contributed by atoms with Crippen LogP contribution in [0.15, 0.2) is 6.07 Å². The molecule has 0 atom stereocenters. The van der Waals surface area contributed by atoms with Gasteiger partial charge in [-0.3, -0.25) is 9.48 Å². The number of amides is 1. The predicted molar refractivity (Wildman–Crippen MR) is 66.3 cm³/mol. The van der Waals surface area contributed by atoms with Crippen LogP contribution in [-0.4, -0.2) is 58.0 Å². The SMILES string of the molecule is CC(C)n1nc(C(=O)N2CCOCC2)cc1C(=O)O. The maximum absolute atomic E-state index is 12.2. The lowest BCUT2D eigenvalue weighted by atomic mass is 10.3. The van der Waals surface area contributed by atoms with E-state index in [0.29, 0.717) is 26.3 Å². The number of carboxylic acid groups (broad SMARTS) is 1. The molecule has 0 spiro atoms. The van der Waals surface area contributed by atoms with Gasteiger partial charge in [0.05, 0.1) is 13.2 Å². The van der Waals surface area contributed by atoms with Crippen molar-refractivity contribution in [1.82, 2.24) is 14.7 Å². The van der Waals surface area contributed by atoms with Crippen molar-refractivity contribution in [2.45, 2.75) is 19.9 Å². The molecular formula is C12H17N3O4. The second-order valence-electron chi connectivity index (χ2n) is 4.66. The molecule has 104 valence electrons. The van der Waals surface area contributed by atoms with E-state index in [1.807, 2.05) is 13.8 Å². The molecule has 1 saturated heterocycles. The summed E-state index contributed by atoms with van der Waals surface area (Å²) in [4.78, 5) is 25.0. The van der Waals surface area contributed by atoms with E-state index in [1.165, 1.54) is 10.7 Å². The standard InChI is InChI=1S/C12H17N3O4/c1-8(2)15-10(12(17)18)7-9(13-15)11(16)14-3-5-19-6-4-14/h7-8H,3-6H2,1-2H3,(H,17,18). The van der Waals surface area contributed by atoms with E-state index < -0.39 is 5.97 Å². The summed E-state index contributed by atoms with van der Waals surface area (Å²) < 4.78 is 6.53. The van der Waals surface area contributed by atoms with E-state index in [4.69, 9.17) is 9.84 Å². The Kier molecular flexibility index (Phi) is 3.84. The van der Waals surface area contributed by atoms with Crippen molar-refractivity contribution in [1.29, 1.82) is 0 Å². The third-order valence-corrected chi connectivity index (χ3v) is 2.96. The van der Waals surface area contributed by atoms with E-state index in [-0.39, 0.29) is 23.3 Å². The molecule has 1 fully saturated rings. The number of aromatic nitrogens is 2. The highest BCUT2D eigenvalue weighted by Gasteiger charge is 2.24. The fraction of sp³-hybridized carbons (Fsp3) is 0.583. The van der Waals surface area contributed by atoms with E-state index in [9.17, 15) is 9.59 Å². The number of nitrogens with zero attached hydrogens (tertiary/aromatic N) is 3. The lowest BCUT2D eigenvalue weighted by Gasteiger charge is -2.25. The molecule has 1 aromatic rings. The number of hydrogen-bond acceptors (Lipinski definition) is 4. The van der Waals surface area contributed by atoms with Crippen LogP contribution in [0.3, 0.4) is 0 Å². The monoisotopic (exact) mass is 267 g/mol. The average molecular weight is 267 g/mol. The summed E-state index contributed by atoms with van der Waals surface area (Å²) in [5.74, 6) is -1.33. The lowest BCUT2D eigenvalue weighted by molar-refractivity contribution is 0.0298. The minimum Gasteiger partial charge on any atom is -0.477 e. The van der Waals surface area contributed by atoms with Crippen LogP contribution in [0.1, 0.15) is 40.9 Å². The zero-order valence-electron chi connectivity index (χ0n) is 11.0. The van der Waals surface area contributed by atoms with Crippen LogP contribution >= 0.6 is 0 Å². The van der Waals surface area contributed by atoms with Crippen LogP contribution in [-0.2, 0) is 4.74 Å². The Morgan fingerprint density at radius 3 is 2.47 bits per heavy atom. The molecule has 2 heterocycles. The molecular weight excluding hydrogens is 250 g/mol. The third-order valence-electron chi connectivity index (χ3n) is 2.96. The van der Waals surface area contributed by atoms with Crippen molar-refractivity contribution in [3.05, 3.63) is 17.5 Å². The quantitative estimate of drug-likeness (QED) is 0.868. The van der Waals surface area contributed by atoms with Gasteiger partial charge in [-0.05, 0) is 13.8 Å². The minimum absolute atomic E-state index is 0.0339. The second-order valence-corrected chi connectivity index (χ2v) is 4.66. The van der Waals surface area contributed by atoms with Crippen LogP contribution in [0.25, 0.3) is 0 Å². The Bertz CT molecular complexity index is 489. The van der Waals surface area contributed by atoms with Crippen molar-refractivity contribution in [3.63, 3.8) is 0 Å². The molecule has 1 aliphatic rings. The van der Waals surface area contributed by atoms with Gasteiger partial charge in [-0.25, -0.2) is 4.79 Å². The van der Waals surface area contributed by atoms with Crippen molar-refractivity contribution in [3.8, 4) is 0 Å². The number of hydrogen-bond donors (Lipinski definition) is 1. The fourth-order valence-corrected chi connectivity index (χ4v) is 1.98. The molecule has 19 heavy (non-hydrogen) atoms. The molecule has 1 aromatic heterocycles. The number of carboxylic acids is 1. The Balaban J connectivity index is 2.27. The first-order chi connectivity index (χ1) is 9.00. The molecule has 0 bridgehead atoms. The summed E-state index contributed by atoms with van der Waals surface area (Å²) in [6, 6.07) is 1.22. The van der Waals surface area contributed by atoms with Gasteiger partial charge in [0.15, 0.2) is 5.69 Å². The highest BCUT2D eigenvalue weighted by Crippen LogP contribution is 2.14. The van der Waals surface area contributed by atoms with E-state index in [2.05, 4.69) is 5.10 Å². The summed E-state index contributed by atoms with van der Waals surface area (Å²) in [6.45, 7) is 5.67. The van der Waals surface area contributed by atoms with Crippen LogP contribution in [0, 0.1) is 0 Å². The van der Waals surface area contributed by atoms with Gasteiger partial charge in [0.25, 0.3) is 5.91 Å². The van der Waals surface area contributed by atoms with E-state index in [1.54, 1.807) is 4.90 Å². The Hall–Kier alpha value is -1.89. The summed E-state index contributed by atoms with van der Waals surface area (Å²) in [7, 11) is 0. The molecule has 2 rings (SSSR count). The van der Waals surface area contributed by atoms with Crippen molar-refractivity contribution in [2.75, 3.05) is 26.3 Å². The molecule has 0 aliphatic carbocycles. The highest BCUT2D eigenvalue weighted by molar-refractivity contribution is 5.95. The van der Waals surface area contributed by atoms with Crippen molar-refractivity contribution >= 4 is 11.9 Å². The Labute approximate surface area is 110 Å². The molecule has 1 aliphatic heterocycles. The van der Waals surface area contributed by atoms with Crippen molar-refractivity contribution < 1.29 is 19.4 Å². The molecule has 1 amide bonds. The fourth-order valence-electron chi connectivity index (χ4n) is 1.98. The van der Waals surface area contributed by atoms with Crippen LogP contribution < -0.4 is 0 Å². The smallest absolute Gasteiger partial charge is 0.354 e. The zero-order chi connectivity index (χ0) is 14.0.